The lowest BCUT2D eigenvalue weighted by atomic mass is 9.94. The van der Waals surface area contributed by atoms with Gasteiger partial charge in [0.05, 0.1) is 60.2 Å². The number of carbonyl (C=O) groups excluding carboxylic acids is 1. The molecule has 1 amide bonds. The zero-order valence-corrected chi connectivity index (χ0v) is 50.5. The predicted octanol–water partition coefficient (Wildman–Crippen LogP) is 11.0. The molecule has 5 aromatic carbocycles. The van der Waals surface area contributed by atoms with Gasteiger partial charge in [0, 0.05) is 85.5 Å². The number of carbonyl (C=O) groups is 1. The molecule has 0 saturated carbocycles. The van der Waals surface area contributed by atoms with Crippen molar-refractivity contribution in [2.45, 2.75) is 115 Å². The molecule has 446 valence electrons. The van der Waals surface area contributed by atoms with Gasteiger partial charge in [-0.15, -0.1) is 0 Å². The van der Waals surface area contributed by atoms with Crippen LogP contribution < -0.4 is 29.1 Å². The van der Waals surface area contributed by atoms with Gasteiger partial charge in [0.15, 0.2) is 0 Å². The van der Waals surface area contributed by atoms with Crippen LogP contribution in [0, 0.1) is 28.6 Å². The highest BCUT2D eigenvalue weighted by molar-refractivity contribution is 5.95. The number of ether oxygens (including phenoxy) is 3. The van der Waals surface area contributed by atoms with Gasteiger partial charge in [-0.3, -0.25) is 9.80 Å². The molecule has 86 heavy (non-hydrogen) atoms. The van der Waals surface area contributed by atoms with Crippen molar-refractivity contribution in [1.29, 1.82) is 10.5 Å². The molecule has 6 aliphatic rings. The lowest BCUT2D eigenvalue weighted by Crippen LogP contribution is -2.55. The number of hydrogen-bond acceptors (Lipinski definition) is 16. The average Bonchev–Trinajstić information content (AvgIpc) is 2.15. The van der Waals surface area contributed by atoms with E-state index in [1.54, 1.807) is 4.90 Å². The van der Waals surface area contributed by atoms with Crippen LogP contribution in [0.4, 0.5) is 27.8 Å². The highest BCUT2D eigenvalue weighted by atomic mass is 16.6. The fourth-order valence-electron chi connectivity index (χ4n) is 13.9. The predicted molar refractivity (Wildman–Crippen MR) is 338 cm³/mol. The minimum Gasteiger partial charge on any atom is -0.461 e. The van der Waals surface area contributed by atoms with E-state index in [-0.39, 0.29) is 30.1 Å². The maximum Gasteiger partial charge on any atom is 0.410 e. The molecule has 0 N–H and O–H groups in total. The summed E-state index contributed by atoms with van der Waals surface area (Å²) in [5.41, 5.74) is 7.69. The third-order valence-electron chi connectivity index (χ3n) is 19.3. The number of fused-ring (bicyclic) bond motifs is 4. The summed E-state index contributed by atoms with van der Waals surface area (Å²) in [4.78, 5) is 49.3. The van der Waals surface area contributed by atoms with Crippen molar-refractivity contribution in [2.24, 2.45) is 5.92 Å². The lowest BCUT2D eigenvalue weighted by molar-refractivity contribution is 0.0767. The lowest BCUT2D eigenvalue weighted by Gasteiger charge is -2.42. The number of anilines is 4. The van der Waals surface area contributed by atoms with E-state index in [1.807, 2.05) is 30.3 Å². The largest absolute Gasteiger partial charge is 0.461 e. The third kappa shape index (κ3) is 12.5. The first kappa shape index (κ1) is 58.1. The Morgan fingerprint density at radius 1 is 0.570 bits per heavy atom. The van der Waals surface area contributed by atoms with Crippen LogP contribution in [-0.4, -0.2) is 144 Å². The normalized spacial score (nSPS) is 22.4. The van der Waals surface area contributed by atoms with Crippen molar-refractivity contribution in [1.82, 2.24) is 34.6 Å². The summed E-state index contributed by atoms with van der Waals surface area (Å²) in [6.45, 7) is 14.4. The molecule has 8 heterocycles. The van der Waals surface area contributed by atoms with Gasteiger partial charge >= 0.3 is 18.1 Å². The van der Waals surface area contributed by atoms with E-state index in [0.717, 1.165) is 125 Å². The summed E-state index contributed by atoms with van der Waals surface area (Å²) >= 11 is 0. The quantitative estimate of drug-likeness (QED) is 0.101. The summed E-state index contributed by atoms with van der Waals surface area (Å²) in [6, 6.07) is 45.0. The molecule has 4 fully saturated rings. The second-order valence-corrected chi connectivity index (χ2v) is 25.0. The summed E-state index contributed by atoms with van der Waals surface area (Å²) in [5, 5.41) is 24.0. The van der Waals surface area contributed by atoms with E-state index in [9.17, 15) is 15.3 Å². The summed E-state index contributed by atoms with van der Waals surface area (Å²) in [7, 11) is 4.33. The SMILES string of the molecule is CN1CCC[C@@]1(C)COc1nc2c(c(N3CCCC(CC#N)C3)n1)CCN(c1cccc3ccccc13)C2.CN1CCC[C@@]1(C)COc1nc2c(c(N3CCN(C(=O)OCc4ccccc4)C(CC#N)C3)n1)CCN(c1cccc3ccccc13)C2. The van der Waals surface area contributed by atoms with Crippen LogP contribution in [0.25, 0.3) is 21.5 Å². The van der Waals surface area contributed by atoms with Gasteiger partial charge in [-0.1, -0.05) is 103 Å². The van der Waals surface area contributed by atoms with Gasteiger partial charge in [0.2, 0.25) is 0 Å². The van der Waals surface area contributed by atoms with Gasteiger partial charge in [-0.05, 0) is 127 Å². The van der Waals surface area contributed by atoms with Crippen LogP contribution in [0.15, 0.2) is 115 Å². The molecule has 4 saturated heterocycles. The number of hydrogen-bond donors (Lipinski definition) is 0. The molecule has 0 bridgehead atoms. The fourth-order valence-corrected chi connectivity index (χ4v) is 13.9. The topological polar surface area (TPSA) is 167 Å². The van der Waals surface area contributed by atoms with E-state index in [2.05, 4.69) is 154 Å². The molecule has 0 aliphatic carbocycles. The molecular formula is C69H81N13O4. The number of piperidine rings is 1. The van der Waals surface area contributed by atoms with E-state index >= 15 is 0 Å². The molecule has 4 atom stereocenters. The maximum absolute atomic E-state index is 13.2. The first-order valence-corrected chi connectivity index (χ1v) is 31.1. The maximum atomic E-state index is 13.2. The Morgan fingerprint density at radius 2 is 1.09 bits per heavy atom. The summed E-state index contributed by atoms with van der Waals surface area (Å²) in [5.74, 6) is 2.26. The Hall–Kier alpha value is -8.25. The number of nitriles is 2. The molecule has 17 heteroatoms. The number of piperazine rings is 1. The molecule has 2 unspecified atom stereocenters. The van der Waals surface area contributed by atoms with Crippen LogP contribution in [0.2, 0.25) is 0 Å². The van der Waals surface area contributed by atoms with Crippen molar-refractivity contribution in [3.8, 4) is 24.2 Å². The van der Waals surface area contributed by atoms with Crippen molar-refractivity contribution in [3.05, 3.63) is 143 Å². The smallest absolute Gasteiger partial charge is 0.410 e. The van der Waals surface area contributed by atoms with E-state index < -0.39 is 6.09 Å². The molecule has 7 aromatic rings. The van der Waals surface area contributed by atoms with Crippen molar-refractivity contribution in [3.63, 3.8) is 0 Å². The monoisotopic (exact) mass is 1160 g/mol. The number of benzene rings is 5. The molecule has 2 aromatic heterocycles. The third-order valence-corrected chi connectivity index (χ3v) is 19.3. The number of amides is 1. The molecule has 17 nitrogen and oxygen atoms in total. The van der Waals surface area contributed by atoms with E-state index in [1.165, 1.54) is 44.9 Å². The zero-order chi connectivity index (χ0) is 59.2. The van der Waals surface area contributed by atoms with Crippen LogP contribution in [-0.2, 0) is 37.3 Å². The highest BCUT2D eigenvalue weighted by Gasteiger charge is 2.39. The highest BCUT2D eigenvalue weighted by Crippen LogP contribution is 2.39. The van der Waals surface area contributed by atoms with E-state index in [0.29, 0.717) is 63.8 Å². The Balaban J connectivity index is 0.000000173. The number of likely N-dealkylation sites (N-methyl/N-ethyl adjacent to an activating group) is 2. The van der Waals surface area contributed by atoms with Gasteiger partial charge < -0.3 is 38.7 Å². The van der Waals surface area contributed by atoms with Crippen molar-refractivity contribution < 1.29 is 19.0 Å². The zero-order valence-electron chi connectivity index (χ0n) is 50.5. The molecule has 0 radical (unpaired) electrons. The van der Waals surface area contributed by atoms with Crippen LogP contribution in [0.1, 0.15) is 93.3 Å². The minimum atomic E-state index is -0.396. The number of nitrogens with zero attached hydrogens (tertiary/aromatic N) is 13. The first-order valence-electron chi connectivity index (χ1n) is 31.1. The van der Waals surface area contributed by atoms with Crippen molar-refractivity contribution in [2.75, 3.05) is 106 Å². The van der Waals surface area contributed by atoms with Crippen LogP contribution >= 0.6 is 0 Å². The second kappa shape index (κ2) is 25.8. The standard InChI is InChI=1S/C38H43N7O3.C31H38N6O/c1-38(18-9-20-42(38)2)27-48-36-40-33-25-43(34-15-8-13-29-12-6-7-14-31(29)34)21-17-32(33)35(41-36)44-22-23-45(30(24-44)16-19-39)37(46)47-26-28-10-4-3-5-11-28;1-31(15-7-17-35(31)2)22-38-30-33-27-21-36(28-12-5-10-24-9-3-4-11-25(24)28)19-14-26(27)29(34-30)37-18-6-8-23(20-37)13-16-32/h3-8,10-15,30H,9,16-18,20-27H2,1-2H3;3-5,9-12,23H,6-8,13-15,17-22H2,1-2H3/t30?,38-;23?,31-/m00/s1. The summed E-state index contributed by atoms with van der Waals surface area (Å²) < 4.78 is 18.5. The number of rotatable bonds is 14. The van der Waals surface area contributed by atoms with Crippen LogP contribution in [0.5, 0.6) is 12.0 Å². The van der Waals surface area contributed by atoms with Gasteiger partial charge in [-0.25, -0.2) is 4.79 Å². The van der Waals surface area contributed by atoms with Gasteiger partial charge in [0.25, 0.3) is 0 Å². The Bertz CT molecular complexity index is 3620. The fraction of sp³-hybridized carbons (Fsp3) is 0.464. The first-order chi connectivity index (χ1) is 42.0. The van der Waals surface area contributed by atoms with Gasteiger partial charge in [-0.2, -0.15) is 30.5 Å². The Labute approximate surface area is 506 Å². The molecule has 0 spiro atoms. The number of likely N-dealkylation sites (tertiary alicyclic amines) is 2. The van der Waals surface area contributed by atoms with Crippen LogP contribution in [0.3, 0.4) is 0 Å². The van der Waals surface area contributed by atoms with Crippen molar-refractivity contribution >= 4 is 50.6 Å². The molecule has 6 aliphatic heterocycles. The Morgan fingerprint density at radius 3 is 1.63 bits per heavy atom. The Kier molecular flexibility index (Phi) is 17.4. The molecular weight excluding hydrogens is 1070 g/mol. The average molecular weight is 1160 g/mol. The van der Waals surface area contributed by atoms with Gasteiger partial charge in [0.1, 0.15) is 31.5 Å². The molecule has 13 rings (SSSR count). The summed E-state index contributed by atoms with van der Waals surface area (Å²) in [6.07, 6.45) is 8.81. The number of aromatic nitrogens is 4. The second-order valence-electron chi connectivity index (χ2n) is 25.0. The van der Waals surface area contributed by atoms with E-state index in [4.69, 9.17) is 34.1 Å². The minimum absolute atomic E-state index is 0.0113.